The van der Waals surface area contributed by atoms with Gasteiger partial charge in [-0.2, -0.15) is 0 Å². The molecule has 0 saturated carbocycles. The fourth-order valence-electron chi connectivity index (χ4n) is 3.06. The van der Waals surface area contributed by atoms with Gasteiger partial charge in [-0.05, 0) is 33.6 Å². The minimum Gasteiger partial charge on any atom is -0.352 e. The number of unbranched alkanes of at least 4 members (excludes halogenated alkanes) is 5. The first-order chi connectivity index (χ1) is 11.0. The van der Waals surface area contributed by atoms with Crippen molar-refractivity contribution in [2.75, 3.05) is 19.8 Å². The Kier molecular flexibility index (Phi) is 13.1. The van der Waals surface area contributed by atoms with E-state index in [1.54, 1.807) is 0 Å². The van der Waals surface area contributed by atoms with Crippen molar-refractivity contribution in [1.29, 1.82) is 0 Å². The van der Waals surface area contributed by atoms with Crippen LogP contribution in [0.1, 0.15) is 79.1 Å². The Labute approximate surface area is 142 Å². The molecule has 0 radical (unpaired) electrons. The third kappa shape index (κ3) is 10.6. The summed E-state index contributed by atoms with van der Waals surface area (Å²) in [5.41, 5.74) is 5.16. The van der Waals surface area contributed by atoms with E-state index in [-0.39, 0.29) is 5.92 Å². The minimum absolute atomic E-state index is 0.250. The molecule has 0 aliphatic carbocycles. The molecule has 2 amide bonds. The van der Waals surface area contributed by atoms with E-state index in [9.17, 15) is 4.79 Å². The van der Waals surface area contributed by atoms with Crippen LogP contribution in [0.3, 0.4) is 0 Å². The first kappa shape index (κ1) is 22.2. The summed E-state index contributed by atoms with van der Waals surface area (Å²) in [6.07, 6.45) is 9.47. The van der Waals surface area contributed by atoms with Crippen LogP contribution in [-0.2, 0) is 9.47 Å². The Morgan fingerprint density at radius 2 is 1.57 bits per heavy atom. The van der Waals surface area contributed by atoms with Crippen molar-refractivity contribution in [3.63, 3.8) is 0 Å². The van der Waals surface area contributed by atoms with Gasteiger partial charge < -0.3 is 20.5 Å². The summed E-state index contributed by atoms with van der Waals surface area (Å²) < 4.78 is 11.8. The molecular weight excluding hydrogens is 292 g/mol. The molecule has 5 nitrogen and oxygen atoms in total. The molecule has 0 spiro atoms. The maximum atomic E-state index is 10.9. The van der Waals surface area contributed by atoms with E-state index in [1.807, 2.05) is 20.8 Å². The van der Waals surface area contributed by atoms with Crippen molar-refractivity contribution in [3.05, 3.63) is 0 Å². The fraction of sp³-hybridized carbons (Fsp3) is 0.944. The van der Waals surface area contributed by atoms with E-state index in [4.69, 9.17) is 15.2 Å². The Morgan fingerprint density at radius 3 is 2.09 bits per heavy atom. The van der Waals surface area contributed by atoms with Gasteiger partial charge in [-0.3, -0.25) is 0 Å². The van der Waals surface area contributed by atoms with E-state index in [1.165, 1.54) is 38.5 Å². The lowest BCUT2D eigenvalue weighted by atomic mass is 9.89. The Morgan fingerprint density at radius 1 is 1.00 bits per heavy atom. The Bertz CT molecular complexity index is 292. The number of urea groups is 1. The lowest BCUT2D eigenvalue weighted by molar-refractivity contribution is -0.254. The highest BCUT2D eigenvalue weighted by Crippen LogP contribution is 2.31. The van der Waals surface area contributed by atoms with Gasteiger partial charge in [0.05, 0.1) is 0 Å². The van der Waals surface area contributed by atoms with Crippen molar-refractivity contribution in [3.8, 4) is 0 Å². The average Bonchev–Trinajstić information content (AvgIpc) is 2.49. The summed E-state index contributed by atoms with van der Waals surface area (Å²) in [6, 6.07) is -0.474. The van der Waals surface area contributed by atoms with Crippen LogP contribution in [-0.4, -0.2) is 31.6 Å². The number of amides is 2. The standard InChI is InChI=1S/C18H38N2O3/c1-5-8-9-10-11-12-13-16(14-15-20-17(19)21)18(4,22-6-2)23-7-3/h16H,5-15H2,1-4H3,(H3,19,20,21). The summed E-state index contributed by atoms with van der Waals surface area (Å²) in [5, 5.41) is 2.68. The largest absolute Gasteiger partial charge is 0.352 e. The van der Waals surface area contributed by atoms with Crippen LogP contribution in [0.15, 0.2) is 0 Å². The zero-order valence-electron chi connectivity index (χ0n) is 15.7. The Hall–Kier alpha value is -0.810. The van der Waals surface area contributed by atoms with E-state index >= 15 is 0 Å². The molecule has 23 heavy (non-hydrogen) atoms. The molecule has 0 aromatic carbocycles. The number of nitrogens with two attached hydrogens (primary N) is 1. The predicted molar refractivity (Wildman–Crippen MR) is 95.3 cm³/mol. The van der Waals surface area contributed by atoms with Crippen LogP contribution >= 0.6 is 0 Å². The van der Waals surface area contributed by atoms with Crippen LogP contribution in [0.25, 0.3) is 0 Å². The number of carbonyl (C=O) groups excluding carboxylic acids is 1. The van der Waals surface area contributed by atoms with Crippen molar-refractivity contribution in [2.24, 2.45) is 11.7 Å². The first-order valence-electron chi connectivity index (χ1n) is 9.31. The molecule has 138 valence electrons. The molecule has 5 heteroatoms. The second kappa shape index (κ2) is 13.6. The van der Waals surface area contributed by atoms with E-state index in [0.717, 1.165) is 12.8 Å². The van der Waals surface area contributed by atoms with Gasteiger partial charge in [0.25, 0.3) is 0 Å². The highest BCUT2D eigenvalue weighted by Gasteiger charge is 2.35. The van der Waals surface area contributed by atoms with Crippen LogP contribution in [0.2, 0.25) is 0 Å². The lowest BCUT2D eigenvalue weighted by Gasteiger charge is -2.37. The van der Waals surface area contributed by atoms with Crippen molar-refractivity contribution < 1.29 is 14.3 Å². The van der Waals surface area contributed by atoms with E-state index in [2.05, 4.69) is 12.2 Å². The molecule has 0 rings (SSSR count). The zero-order valence-corrected chi connectivity index (χ0v) is 15.7. The van der Waals surface area contributed by atoms with Gasteiger partial charge in [0.15, 0.2) is 5.79 Å². The molecule has 0 aliphatic heterocycles. The molecule has 0 fully saturated rings. The van der Waals surface area contributed by atoms with Crippen LogP contribution in [0, 0.1) is 5.92 Å². The normalized spacial score (nSPS) is 13.0. The number of rotatable bonds is 15. The molecule has 0 saturated heterocycles. The highest BCUT2D eigenvalue weighted by molar-refractivity contribution is 5.71. The first-order valence-corrected chi connectivity index (χ1v) is 9.31. The van der Waals surface area contributed by atoms with Gasteiger partial charge in [-0.1, -0.05) is 45.4 Å². The average molecular weight is 331 g/mol. The maximum Gasteiger partial charge on any atom is 0.312 e. The quantitative estimate of drug-likeness (QED) is 0.349. The zero-order chi connectivity index (χ0) is 17.6. The van der Waals surface area contributed by atoms with Crippen LogP contribution < -0.4 is 11.1 Å². The molecule has 0 aromatic rings. The summed E-state index contributed by atoms with van der Waals surface area (Å²) >= 11 is 0. The monoisotopic (exact) mass is 330 g/mol. The smallest absolute Gasteiger partial charge is 0.312 e. The topological polar surface area (TPSA) is 73.6 Å². The molecule has 1 unspecified atom stereocenters. The fourth-order valence-corrected chi connectivity index (χ4v) is 3.06. The molecule has 0 aliphatic rings. The number of hydrogen-bond acceptors (Lipinski definition) is 3. The summed E-state index contributed by atoms with van der Waals surface area (Å²) in [6.45, 7) is 10.0. The summed E-state index contributed by atoms with van der Waals surface area (Å²) in [5.74, 6) is -0.341. The van der Waals surface area contributed by atoms with Crippen molar-refractivity contribution >= 4 is 6.03 Å². The second-order valence-corrected chi connectivity index (χ2v) is 6.22. The molecular formula is C18H38N2O3. The summed E-state index contributed by atoms with van der Waals surface area (Å²) in [4.78, 5) is 10.9. The third-order valence-corrected chi connectivity index (χ3v) is 4.30. The van der Waals surface area contributed by atoms with Gasteiger partial charge in [0.1, 0.15) is 0 Å². The third-order valence-electron chi connectivity index (χ3n) is 4.30. The molecule has 3 N–H and O–H groups in total. The van der Waals surface area contributed by atoms with Gasteiger partial charge in [0.2, 0.25) is 0 Å². The van der Waals surface area contributed by atoms with Crippen LogP contribution in [0.4, 0.5) is 4.79 Å². The number of primary amides is 1. The highest BCUT2D eigenvalue weighted by atomic mass is 16.7. The molecule has 1 atom stereocenters. The van der Waals surface area contributed by atoms with Crippen LogP contribution in [0.5, 0.6) is 0 Å². The molecule has 0 aromatic heterocycles. The number of nitrogens with one attached hydrogen (secondary N) is 1. The molecule has 0 heterocycles. The van der Waals surface area contributed by atoms with Gasteiger partial charge in [-0.15, -0.1) is 0 Å². The van der Waals surface area contributed by atoms with Gasteiger partial charge >= 0.3 is 6.03 Å². The number of hydrogen-bond donors (Lipinski definition) is 2. The predicted octanol–water partition coefficient (Wildman–Crippen LogP) is 4.20. The van der Waals surface area contributed by atoms with Crippen molar-refractivity contribution in [2.45, 2.75) is 84.8 Å². The Balaban J connectivity index is 4.48. The number of ether oxygens (including phenoxy) is 2. The molecule has 0 bridgehead atoms. The van der Waals surface area contributed by atoms with Gasteiger partial charge in [-0.25, -0.2) is 4.79 Å². The maximum absolute atomic E-state index is 10.9. The number of carbonyl (C=O) groups is 1. The van der Waals surface area contributed by atoms with E-state index < -0.39 is 11.8 Å². The lowest BCUT2D eigenvalue weighted by Crippen LogP contribution is -2.43. The summed E-state index contributed by atoms with van der Waals surface area (Å²) in [7, 11) is 0. The minimum atomic E-state index is -0.591. The SMILES string of the molecule is CCCCCCCCC(CCNC(N)=O)C(C)(OCC)OCC. The second-order valence-electron chi connectivity index (χ2n) is 6.22. The van der Waals surface area contributed by atoms with E-state index in [0.29, 0.717) is 19.8 Å². The van der Waals surface area contributed by atoms with Gasteiger partial charge in [0, 0.05) is 25.7 Å². The van der Waals surface area contributed by atoms with Crippen molar-refractivity contribution in [1.82, 2.24) is 5.32 Å².